The maximum absolute atomic E-state index is 11.4. The molecule has 0 aliphatic heterocycles. The van der Waals surface area contributed by atoms with E-state index in [1.165, 1.54) is 6.08 Å². The minimum absolute atomic E-state index is 0.299. The van der Waals surface area contributed by atoms with Gasteiger partial charge < -0.3 is 0 Å². The van der Waals surface area contributed by atoms with Gasteiger partial charge in [0.15, 0.2) is 0 Å². The van der Waals surface area contributed by atoms with Crippen LogP contribution in [0.25, 0.3) is 0 Å². The summed E-state index contributed by atoms with van der Waals surface area (Å²) in [7, 11) is 0. The number of allylic oxidation sites excluding steroid dienone is 3. The molecular formula is C6H8ClF. The molecule has 0 spiro atoms. The number of hydrogen-bond donors (Lipinski definition) is 0. The molecule has 0 aliphatic rings. The second kappa shape index (κ2) is 4.85. The van der Waals surface area contributed by atoms with E-state index in [1.807, 2.05) is 0 Å². The summed E-state index contributed by atoms with van der Waals surface area (Å²) in [5, 5.41) is 0.516. The Morgan fingerprint density at radius 3 is 2.75 bits per heavy atom. The fourth-order valence-electron chi connectivity index (χ4n) is 0.301. The Balaban J connectivity index is 3.44. The normalized spacial score (nSPS) is 11.5. The second-order valence-corrected chi connectivity index (χ2v) is 1.77. The van der Waals surface area contributed by atoms with E-state index < -0.39 is 6.67 Å². The van der Waals surface area contributed by atoms with Crippen molar-refractivity contribution in [3.63, 3.8) is 0 Å². The van der Waals surface area contributed by atoms with Crippen LogP contribution in [0.3, 0.4) is 0 Å². The van der Waals surface area contributed by atoms with E-state index in [-0.39, 0.29) is 0 Å². The first-order chi connectivity index (χ1) is 3.81. The largest absolute Gasteiger partial charge is 0.251 e. The summed E-state index contributed by atoms with van der Waals surface area (Å²) in [4.78, 5) is 0. The summed E-state index contributed by atoms with van der Waals surface area (Å²) in [6.45, 7) is 3.00. The van der Waals surface area contributed by atoms with Crippen LogP contribution >= 0.6 is 11.6 Å². The van der Waals surface area contributed by atoms with Crippen molar-refractivity contribution in [2.75, 3.05) is 6.67 Å². The van der Waals surface area contributed by atoms with Crippen molar-refractivity contribution in [2.24, 2.45) is 0 Å². The Labute approximate surface area is 53.7 Å². The van der Waals surface area contributed by atoms with E-state index in [0.29, 0.717) is 11.5 Å². The summed E-state index contributed by atoms with van der Waals surface area (Å²) in [5.74, 6) is 0. The number of halogens is 2. The van der Waals surface area contributed by atoms with Crippen LogP contribution in [0, 0.1) is 0 Å². The number of alkyl halides is 1. The first kappa shape index (κ1) is 7.70. The molecule has 0 bridgehead atoms. The molecule has 0 fully saturated rings. The third-order valence-corrected chi connectivity index (χ3v) is 0.947. The second-order valence-electron chi connectivity index (χ2n) is 1.29. The fraction of sp³-hybridized carbons (Fsp3) is 0.333. The van der Waals surface area contributed by atoms with Crippen molar-refractivity contribution in [2.45, 2.75) is 6.42 Å². The van der Waals surface area contributed by atoms with Gasteiger partial charge in [-0.15, -0.1) is 0 Å². The summed E-state index contributed by atoms with van der Waals surface area (Å²) >= 11 is 5.43. The highest BCUT2D eigenvalue weighted by atomic mass is 35.5. The number of rotatable bonds is 3. The molecule has 0 nitrogen and oxygen atoms in total. The fourth-order valence-corrected chi connectivity index (χ4v) is 0.462. The van der Waals surface area contributed by atoms with E-state index >= 15 is 0 Å². The maximum atomic E-state index is 11.4. The lowest BCUT2D eigenvalue weighted by Crippen LogP contribution is -1.73. The lowest BCUT2D eigenvalue weighted by molar-refractivity contribution is 0.499. The minimum Gasteiger partial charge on any atom is -0.251 e. The summed E-state index contributed by atoms with van der Waals surface area (Å²) < 4.78 is 11.4. The van der Waals surface area contributed by atoms with Gasteiger partial charge in [-0.3, -0.25) is 4.39 Å². The zero-order valence-electron chi connectivity index (χ0n) is 4.53. The predicted octanol–water partition coefficient (Wildman–Crippen LogP) is 2.65. The molecule has 0 aromatic heterocycles. The zero-order valence-corrected chi connectivity index (χ0v) is 5.29. The molecule has 0 saturated carbocycles. The third kappa shape index (κ3) is 3.88. The highest BCUT2D eigenvalue weighted by Gasteiger charge is 1.86. The smallest absolute Gasteiger partial charge is 0.0943 e. The van der Waals surface area contributed by atoms with Gasteiger partial charge in [-0.25, -0.2) is 0 Å². The maximum Gasteiger partial charge on any atom is 0.0943 e. The van der Waals surface area contributed by atoms with Crippen molar-refractivity contribution in [1.29, 1.82) is 0 Å². The van der Waals surface area contributed by atoms with Gasteiger partial charge in [0.05, 0.1) is 6.67 Å². The highest BCUT2D eigenvalue weighted by molar-refractivity contribution is 6.29. The van der Waals surface area contributed by atoms with Crippen LogP contribution in [-0.2, 0) is 0 Å². The van der Waals surface area contributed by atoms with E-state index in [1.54, 1.807) is 6.08 Å². The van der Waals surface area contributed by atoms with Gasteiger partial charge in [-0.2, -0.15) is 0 Å². The average molecular weight is 135 g/mol. The van der Waals surface area contributed by atoms with Crippen LogP contribution in [0.15, 0.2) is 23.8 Å². The molecule has 0 aliphatic carbocycles. The SMILES string of the molecule is C=C/C=C(/Cl)CCF. The highest BCUT2D eigenvalue weighted by Crippen LogP contribution is 2.05. The molecule has 0 heterocycles. The van der Waals surface area contributed by atoms with Crippen LogP contribution in [0.5, 0.6) is 0 Å². The molecule has 0 N–H and O–H groups in total. The van der Waals surface area contributed by atoms with Crippen molar-refractivity contribution in [3.8, 4) is 0 Å². The lowest BCUT2D eigenvalue weighted by Gasteiger charge is -1.86. The van der Waals surface area contributed by atoms with Gasteiger partial charge in [0.1, 0.15) is 0 Å². The molecule has 0 unspecified atom stereocenters. The molecule has 0 atom stereocenters. The first-order valence-corrected chi connectivity index (χ1v) is 2.72. The van der Waals surface area contributed by atoms with Crippen molar-refractivity contribution >= 4 is 11.6 Å². The molecule has 0 aromatic carbocycles. The van der Waals surface area contributed by atoms with Crippen LogP contribution in [0.4, 0.5) is 4.39 Å². The molecule has 46 valence electrons. The summed E-state index contributed by atoms with van der Waals surface area (Å²) in [5.41, 5.74) is 0. The van der Waals surface area contributed by atoms with E-state index in [9.17, 15) is 4.39 Å². The van der Waals surface area contributed by atoms with E-state index in [4.69, 9.17) is 11.6 Å². The average Bonchev–Trinajstić information content (AvgIpc) is 1.68. The summed E-state index contributed by atoms with van der Waals surface area (Å²) in [6, 6.07) is 0. The zero-order chi connectivity index (χ0) is 6.41. The minimum atomic E-state index is -0.400. The first-order valence-electron chi connectivity index (χ1n) is 2.34. The van der Waals surface area contributed by atoms with Gasteiger partial charge in [-0.1, -0.05) is 24.3 Å². The van der Waals surface area contributed by atoms with Crippen LogP contribution < -0.4 is 0 Å². The van der Waals surface area contributed by atoms with Crippen LogP contribution in [0.1, 0.15) is 6.42 Å². The van der Waals surface area contributed by atoms with E-state index in [2.05, 4.69) is 6.58 Å². The molecule has 0 aromatic rings. The molecule has 2 heteroatoms. The Morgan fingerprint density at radius 1 is 1.75 bits per heavy atom. The Hall–Kier alpha value is -0.300. The summed E-state index contributed by atoms with van der Waals surface area (Å²) in [6.07, 6.45) is 3.42. The van der Waals surface area contributed by atoms with Gasteiger partial charge in [-0.05, 0) is 6.08 Å². The van der Waals surface area contributed by atoms with Crippen molar-refractivity contribution < 1.29 is 4.39 Å². The van der Waals surface area contributed by atoms with E-state index in [0.717, 1.165) is 0 Å². The van der Waals surface area contributed by atoms with Gasteiger partial charge in [0.25, 0.3) is 0 Å². The van der Waals surface area contributed by atoms with Crippen molar-refractivity contribution in [1.82, 2.24) is 0 Å². The third-order valence-electron chi connectivity index (χ3n) is 0.632. The van der Waals surface area contributed by atoms with Crippen molar-refractivity contribution in [3.05, 3.63) is 23.8 Å². The van der Waals surface area contributed by atoms with Gasteiger partial charge >= 0.3 is 0 Å². The van der Waals surface area contributed by atoms with Crippen LogP contribution in [-0.4, -0.2) is 6.67 Å². The molecule has 0 rings (SSSR count). The number of hydrogen-bond acceptors (Lipinski definition) is 0. The Bertz CT molecular complexity index is 96.7. The standard InChI is InChI=1S/C6H8ClF/c1-2-3-6(7)4-5-8/h2-3H,1,4-5H2/b6-3+. The Kier molecular flexibility index (Phi) is 4.67. The Morgan fingerprint density at radius 2 is 2.38 bits per heavy atom. The predicted molar refractivity (Wildman–Crippen MR) is 34.7 cm³/mol. The molecule has 0 amide bonds. The molecule has 0 radical (unpaired) electrons. The lowest BCUT2D eigenvalue weighted by atomic mass is 10.4. The molecule has 0 saturated heterocycles. The van der Waals surface area contributed by atoms with Gasteiger partial charge in [0.2, 0.25) is 0 Å². The quantitative estimate of drug-likeness (QED) is 0.521. The van der Waals surface area contributed by atoms with Gasteiger partial charge in [0, 0.05) is 11.5 Å². The molecular weight excluding hydrogens is 127 g/mol. The topological polar surface area (TPSA) is 0 Å². The van der Waals surface area contributed by atoms with Crippen LogP contribution in [0.2, 0.25) is 0 Å². The monoisotopic (exact) mass is 134 g/mol. The molecule has 8 heavy (non-hydrogen) atoms.